The molecule has 0 aromatic heterocycles. The summed E-state index contributed by atoms with van der Waals surface area (Å²) in [6.07, 6.45) is -2.01. The summed E-state index contributed by atoms with van der Waals surface area (Å²) >= 11 is 0. The molecule has 10 nitrogen and oxygen atoms in total. The van der Waals surface area contributed by atoms with Gasteiger partial charge in [-0.25, -0.2) is 4.79 Å². The van der Waals surface area contributed by atoms with Gasteiger partial charge >= 0.3 is 24.1 Å². The lowest BCUT2D eigenvalue weighted by atomic mass is 9.92. The van der Waals surface area contributed by atoms with Crippen LogP contribution in [-0.2, 0) is 35.0 Å². The number of hydrogen-bond donors (Lipinski definition) is 1. The van der Waals surface area contributed by atoms with E-state index >= 15 is 0 Å². The monoisotopic (exact) mass is 537 g/mol. The van der Waals surface area contributed by atoms with E-state index in [1.807, 2.05) is 41.5 Å². The summed E-state index contributed by atoms with van der Waals surface area (Å²) in [5.41, 5.74) is 6.03. The van der Waals surface area contributed by atoms with E-state index in [2.05, 4.69) is 0 Å². The lowest BCUT2D eigenvalue weighted by Gasteiger charge is -2.22. The Labute approximate surface area is 225 Å². The molecule has 0 aliphatic rings. The molecular formula is C28H43NO9. The minimum atomic E-state index is -1.06. The lowest BCUT2D eigenvalue weighted by molar-refractivity contribution is -0.155. The zero-order chi connectivity index (χ0) is 29.3. The molecule has 0 saturated carbocycles. The van der Waals surface area contributed by atoms with E-state index in [1.165, 1.54) is 12.1 Å². The smallest absolute Gasteiger partial charge is 0.458 e. The van der Waals surface area contributed by atoms with Crippen LogP contribution in [0.2, 0.25) is 0 Å². The molecule has 10 heteroatoms. The van der Waals surface area contributed by atoms with Gasteiger partial charge in [-0.15, -0.1) is 0 Å². The van der Waals surface area contributed by atoms with Crippen LogP contribution in [0.25, 0.3) is 0 Å². The van der Waals surface area contributed by atoms with Gasteiger partial charge in [-0.1, -0.05) is 47.6 Å². The Balaban J connectivity index is 3.00. The largest absolute Gasteiger partial charge is 0.508 e. The Bertz CT molecular complexity index is 976. The number of esters is 3. The highest BCUT2D eigenvalue weighted by Gasteiger charge is 2.26. The van der Waals surface area contributed by atoms with E-state index in [0.29, 0.717) is 5.56 Å². The van der Waals surface area contributed by atoms with Crippen LogP contribution in [0, 0.1) is 10.8 Å². The second-order valence-electron chi connectivity index (χ2n) is 11.7. The normalized spacial score (nSPS) is 14.1. The zero-order valence-electron chi connectivity index (χ0n) is 24.0. The Hall–Kier alpha value is -3.14. The van der Waals surface area contributed by atoms with Crippen LogP contribution in [0.3, 0.4) is 0 Å². The van der Waals surface area contributed by atoms with Gasteiger partial charge in [0.1, 0.15) is 18.2 Å². The molecule has 1 rings (SSSR count). The summed E-state index contributed by atoms with van der Waals surface area (Å²) < 4.78 is 26.2. The molecule has 0 radical (unpaired) electrons. The second kappa shape index (κ2) is 14.1. The van der Waals surface area contributed by atoms with Crippen LogP contribution in [0.5, 0.6) is 11.5 Å². The third-order valence-corrected chi connectivity index (χ3v) is 5.07. The number of benzene rings is 1. The van der Waals surface area contributed by atoms with Crippen LogP contribution >= 0.6 is 0 Å². The van der Waals surface area contributed by atoms with Crippen molar-refractivity contribution in [2.24, 2.45) is 16.6 Å². The Morgan fingerprint density at radius 2 is 1.32 bits per heavy atom. The van der Waals surface area contributed by atoms with Crippen LogP contribution in [-0.4, -0.2) is 48.9 Å². The maximum atomic E-state index is 12.6. The Kier molecular flexibility index (Phi) is 12.2. The van der Waals surface area contributed by atoms with Gasteiger partial charge < -0.3 is 29.4 Å². The molecule has 1 aromatic carbocycles. The molecule has 0 saturated heterocycles. The molecule has 0 aliphatic heterocycles. The molecule has 38 heavy (non-hydrogen) atoms. The maximum Gasteiger partial charge on any atom is 0.508 e. The standard InChI is InChI=1S/C28H43NO9/c1-10-34-26(33)36-18(3)17(2)35-25(32)20(29)13-19-11-12-21(37-23(30)15-27(4,5)6)22(14-19)38-24(31)16-28(7,8)9/h11-12,14,17-18,20H,10,13,15-16,29H2,1-9H3/t17-,18-,20-/m0/s1. The summed E-state index contributed by atoms with van der Waals surface area (Å²) in [6.45, 7) is 16.4. The van der Waals surface area contributed by atoms with Crippen LogP contribution in [0.15, 0.2) is 18.2 Å². The molecule has 2 N–H and O–H groups in total. The number of ether oxygens (including phenoxy) is 5. The van der Waals surface area contributed by atoms with E-state index < -0.39 is 42.3 Å². The highest BCUT2D eigenvalue weighted by molar-refractivity contribution is 5.78. The van der Waals surface area contributed by atoms with Crippen molar-refractivity contribution in [3.05, 3.63) is 23.8 Å². The maximum absolute atomic E-state index is 12.6. The summed E-state index contributed by atoms with van der Waals surface area (Å²) in [5.74, 6) is -1.50. The number of carbonyl (C=O) groups is 4. The van der Waals surface area contributed by atoms with Gasteiger partial charge in [0.05, 0.1) is 19.4 Å². The number of carbonyl (C=O) groups excluding carboxylic acids is 4. The average molecular weight is 538 g/mol. The van der Waals surface area contributed by atoms with Gasteiger partial charge in [0.15, 0.2) is 11.5 Å². The molecule has 0 heterocycles. The van der Waals surface area contributed by atoms with Gasteiger partial charge in [-0.2, -0.15) is 0 Å². The van der Waals surface area contributed by atoms with Crippen molar-refractivity contribution < 1.29 is 42.9 Å². The second-order valence-corrected chi connectivity index (χ2v) is 11.7. The summed E-state index contributed by atoms with van der Waals surface area (Å²) in [7, 11) is 0. The molecule has 0 aliphatic carbocycles. The fourth-order valence-corrected chi connectivity index (χ4v) is 3.13. The summed E-state index contributed by atoms with van der Waals surface area (Å²) in [5, 5.41) is 0. The molecule has 3 atom stereocenters. The molecule has 1 aromatic rings. The van der Waals surface area contributed by atoms with Crippen molar-refractivity contribution in [2.75, 3.05) is 6.61 Å². The van der Waals surface area contributed by atoms with Gasteiger partial charge in [0.2, 0.25) is 0 Å². The first-order valence-electron chi connectivity index (χ1n) is 12.7. The van der Waals surface area contributed by atoms with E-state index in [1.54, 1.807) is 26.8 Å². The topological polar surface area (TPSA) is 140 Å². The van der Waals surface area contributed by atoms with E-state index in [-0.39, 0.29) is 48.2 Å². The third-order valence-electron chi connectivity index (χ3n) is 5.07. The van der Waals surface area contributed by atoms with E-state index in [4.69, 9.17) is 29.4 Å². The third kappa shape index (κ3) is 12.9. The summed E-state index contributed by atoms with van der Waals surface area (Å²) in [4.78, 5) is 49.0. The molecule has 0 fully saturated rings. The molecule has 214 valence electrons. The first-order chi connectivity index (χ1) is 17.4. The highest BCUT2D eigenvalue weighted by atomic mass is 16.7. The molecular weight excluding hydrogens is 494 g/mol. The number of rotatable bonds is 11. The number of hydrogen-bond acceptors (Lipinski definition) is 10. The van der Waals surface area contributed by atoms with Gasteiger partial charge in [0.25, 0.3) is 0 Å². The van der Waals surface area contributed by atoms with Gasteiger partial charge in [-0.3, -0.25) is 14.4 Å². The first-order valence-corrected chi connectivity index (χ1v) is 12.7. The quantitative estimate of drug-likeness (QED) is 0.311. The predicted molar refractivity (Wildman–Crippen MR) is 141 cm³/mol. The van der Waals surface area contributed by atoms with Crippen molar-refractivity contribution in [1.82, 2.24) is 0 Å². The van der Waals surface area contributed by atoms with Crippen molar-refractivity contribution in [3.63, 3.8) is 0 Å². The average Bonchev–Trinajstić information content (AvgIpc) is 2.72. The van der Waals surface area contributed by atoms with E-state index in [9.17, 15) is 19.2 Å². The lowest BCUT2D eigenvalue weighted by Crippen LogP contribution is -2.39. The SMILES string of the molecule is CCOC(=O)O[C@@H](C)[C@H](C)OC(=O)[C@@H](N)Cc1ccc(OC(=O)CC(C)(C)C)c(OC(=O)CC(C)(C)C)c1. The minimum absolute atomic E-state index is 0.0543. The van der Waals surface area contributed by atoms with Crippen molar-refractivity contribution in [3.8, 4) is 11.5 Å². The molecule has 0 bridgehead atoms. The number of nitrogens with two attached hydrogens (primary N) is 1. The first kappa shape index (κ1) is 32.9. The van der Waals surface area contributed by atoms with Gasteiger partial charge in [0, 0.05) is 0 Å². The van der Waals surface area contributed by atoms with E-state index in [0.717, 1.165) is 0 Å². The van der Waals surface area contributed by atoms with Crippen LogP contribution < -0.4 is 15.2 Å². The van der Waals surface area contributed by atoms with Crippen molar-refractivity contribution >= 4 is 24.1 Å². The summed E-state index contributed by atoms with van der Waals surface area (Å²) in [6, 6.07) is 3.60. The minimum Gasteiger partial charge on any atom is -0.458 e. The molecule has 0 unspecified atom stereocenters. The Morgan fingerprint density at radius 1 is 0.816 bits per heavy atom. The molecule has 0 amide bonds. The fraction of sp³-hybridized carbons (Fsp3) is 0.643. The van der Waals surface area contributed by atoms with Crippen LogP contribution in [0.1, 0.15) is 80.7 Å². The zero-order valence-corrected chi connectivity index (χ0v) is 24.0. The van der Waals surface area contributed by atoms with Crippen molar-refractivity contribution in [1.29, 1.82) is 0 Å². The van der Waals surface area contributed by atoms with Crippen molar-refractivity contribution in [2.45, 2.75) is 99.8 Å². The Morgan fingerprint density at radius 3 is 1.82 bits per heavy atom. The molecule has 0 spiro atoms. The van der Waals surface area contributed by atoms with Gasteiger partial charge in [-0.05, 0) is 55.7 Å². The predicted octanol–water partition coefficient (Wildman–Crippen LogP) is 4.73. The van der Waals surface area contributed by atoms with Crippen LogP contribution in [0.4, 0.5) is 4.79 Å². The highest BCUT2D eigenvalue weighted by Crippen LogP contribution is 2.32. The fourth-order valence-electron chi connectivity index (χ4n) is 3.13.